The normalized spacial score (nSPS) is 15.5. The van der Waals surface area contributed by atoms with Gasteiger partial charge in [0.15, 0.2) is 11.6 Å². The lowest BCUT2D eigenvalue weighted by Gasteiger charge is -2.25. The molecule has 2 rings (SSSR count). The van der Waals surface area contributed by atoms with Gasteiger partial charge in [-0.05, 0) is 37.5 Å². The molecule has 0 aliphatic heterocycles. The summed E-state index contributed by atoms with van der Waals surface area (Å²) in [6, 6.07) is 3.19. The first kappa shape index (κ1) is 16.5. The molecule has 0 radical (unpaired) electrons. The average Bonchev–Trinajstić information content (AvgIpc) is 3.28. The van der Waals surface area contributed by atoms with Crippen molar-refractivity contribution in [3.8, 4) is 5.75 Å². The third-order valence-corrected chi connectivity index (χ3v) is 3.60. The fourth-order valence-electron chi connectivity index (χ4n) is 2.24. The second-order valence-corrected chi connectivity index (χ2v) is 5.34. The third kappa shape index (κ3) is 4.05. The smallest absolute Gasteiger partial charge is 0.318 e. The maximum Gasteiger partial charge on any atom is 0.318 e. The number of urea groups is 1. The molecule has 1 aromatic carbocycles. The van der Waals surface area contributed by atoms with Gasteiger partial charge in [-0.2, -0.15) is 0 Å². The van der Waals surface area contributed by atoms with Crippen LogP contribution in [0.15, 0.2) is 18.2 Å². The van der Waals surface area contributed by atoms with Gasteiger partial charge in [-0.1, -0.05) is 6.07 Å². The number of rotatable bonds is 6. The summed E-state index contributed by atoms with van der Waals surface area (Å²) in [5.74, 6) is -0.424. The molecule has 4 nitrogen and oxygen atoms in total. The molecule has 1 aliphatic rings. The maximum absolute atomic E-state index is 13.7. The first-order chi connectivity index (χ1) is 10.4. The number of halogens is 3. The summed E-state index contributed by atoms with van der Waals surface area (Å²) < 4.78 is 43.6. The zero-order chi connectivity index (χ0) is 16.3. The van der Waals surface area contributed by atoms with E-state index in [1.807, 2.05) is 0 Å². The zero-order valence-corrected chi connectivity index (χ0v) is 12.5. The number of methoxy groups -OCH3 is 1. The molecule has 122 valence electrons. The Hall–Kier alpha value is -1.92. The number of amides is 2. The monoisotopic (exact) mass is 316 g/mol. The van der Waals surface area contributed by atoms with Crippen LogP contribution in [0.3, 0.4) is 0 Å². The Morgan fingerprint density at radius 3 is 2.64 bits per heavy atom. The van der Waals surface area contributed by atoms with Gasteiger partial charge in [0, 0.05) is 6.04 Å². The van der Waals surface area contributed by atoms with E-state index in [-0.39, 0.29) is 11.8 Å². The molecule has 1 atom stereocenters. The number of hydrogen-bond donors (Lipinski definition) is 1. The van der Waals surface area contributed by atoms with Crippen molar-refractivity contribution in [1.29, 1.82) is 0 Å². The standard InChI is InChI=1S/C15H19F3N2O2/c1-9(10-3-6-13(22-2)12(16)7-10)19-15(21)20(8-14(17)18)11-4-5-11/h3,6-7,9,11,14H,4-5,8H2,1-2H3,(H,19,21)/t9-/m1/s1. The van der Waals surface area contributed by atoms with Gasteiger partial charge in [0.05, 0.1) is 19.7 Å². The lowest BCUT2D eigenvalue weighted by atomic mass is 10.1. The quantitative estimate of drug-likeness (QED) is 0.874. The Bertz CT molecular complexity index is 536. The van der Waals surface area contributed by atoms with Crippen molar-refractivity contribution in [3.63, 3.8) is 0 Å². The summed E-state index contributed by atoms with van der Waals surface area (Å²) in [4.78, 5) is 13.3. The lowest BCUT2D eigenvalue weighted by molar-refractivity contribution is 0.0946. The number of ether oxygens (including phenoxy) is 1. The van der Waals surface area contributed by atoms with Gasteiger partial charge < -0.3 is 15.0 Å². The molecule has 22 heavy (non-hydrogen) atoms. The summed E-state index contributed by atoms with van der Waals surface area (Å²) in [7, 11) is 1.36. The van der Waals surface area contributed by atoms with Crippen molar-refractivity contribution in [1.82, 2.24) is 10.2 Å². The van der Waals surface area contributed by atoms with Gasteiger partial charge in [-0.3, -0.25) is 0 Å². The van der Waals surface area contributed by atoms with Crippen molar-refractivity contribution in [2.24, 2.45) is 0 Å². The Labute approximate surface area is 127 Å². The van der Waals surface area contributed by atoms with Crippen LogP contribution in [0.1, 0.15) is 31.4 Å². The molecule has 1 aliphatic carbocycles. The minimum atomic E-state index is -2.57. The number of nitrogens with one attached hydrogen (secondary N) is 1. The number of benzene rings is 1. The molecule has 0 bridgehead atoms. The van der Waals surface area contributed by atoms with E-state index >= 15 is 0 Å². The zero-order valence-electron chi connectivity index (χ0n) is 12.5. The lowest BCUT2D eigenvalue weighted by Crippen LogP contribution is -2.44. The molecule has 1 saturated carbocycles. The number of hydrogen-bond acceptors (Lipinski definition) is 2. The molecule has 1 N–H and O–H groups in total. The highest BCUT2D eigenvalue weighted by atomic mass is 19.3. The van der Waals surface area contributed by atoms with E-state index in [1.165, 1.54) is 19.2 Å². The molecule has 1 aromatic rings. The van der Waals surface area contributed by atoms with Crippen LogP contribution < -0.4 is 10.1 Å². The summed E-state index contributed by atoms with van der Waals surface area (Å²) in [5, 5.41) is 2.63. The van der Waals surface area contributed by atoms with Gasteiger partial charge in [0.1, 0.15) is 0 Å². The summed E-state index contributed by atoms with van der Waals surface area (Å²) in [5.41, 5.74) is 0.541. The number of nitrogens with zero attached hydrogens (tertiary/aromatic N) is 1. The first-order valence-corrected chi connectivity index (χ1v) is 7.11. The van der Waals surface area contributed by atoms with Crippen LogP contribution in [-0.2, 0) is 0 Å². The summed E-state index contributed by atoms with van der Waals surface area (Å²) >= 11 is 0. The highest BCUT2D eigenvalue weighted by molar-refractivity contribution is 5.75. The van der Waals surface area contributed by atoms with E-state index < -0.39 is 30.9 Å². The van der Waals surface area contributed by atoms with E-state index in [2.05, 4.69) is 5.32 Å². The molecule has 0 spiro atoms. The minimum absolute atomic E-state index is 0.111. The minimum Gasteiger partial charge on any atom is -0.494 e. The number of carbonyl (C=O) groups is 1. The molecule has 1 fully saturated rings. The summed E-state index contributed by atoms with van der Waals surface area (Å²) in [6.45, 7) is 1.09. The van der Waals surface area contributed by atoms with Crippen LogP contribution in [0, 0.1) is 5.82 Å². The molecular weight excluding hydrogens is 297 g/mol. The Morgan fingerprint density at radius 1 is 1.45 bits per heavy atom. The topological polar surface area (TPSA) is 41.6 Å². The SMILES string of the molecule is COc1ccc([C@@H](C)NC(=O)N(CC(F)F)C2CC2)cc1F. The molecular formula is C15H19F3N2O2. The van der Waals surface area contributed by atoms with Crippen LogP contribution in [0.4, 0.5) is 18.0 Å². The third-order valence-electron chi connectivity index (χ3n) is 3.60. The highest BCUT2D eigenvalue weighted by Gasteiger charge is 2.34. The fourth-order valence-corrected chi connectivity index (χ4v) is 2.24. The van der Waals surface area contributed by atoms with Crippen LogP contribution in [0.5, 0.6) is 5.75 Å². The second kappa shape index (κ2) is 6.89. The molecule has 0 saturated heterocycles. The molecule has 0 unspecified atom stereocenters. The van der Waals surface area contributed by atoms with Crippen molar-refractivity contribution < 1.29 is 22.7 Å². The number of carbonyl (C=O) groups excluding carboxylic acids is 1. The van der Waals surface area contributed by atoms with Gasteiger partial charge in [0.25, 0.3) is 6.43 Å². The first-order valence-electron chi connectivity index (χ1n) is 7.11. The van der Waals surface area contributed by atoms with Crippen molar-refractivity contribution >= 4 is 6.03 Å². The van der Waals surface area contributed by atoms with Crippen LogP contribution in [-0.4, -0.2) is 37.1 Å². The Morgan fingerprint density at radius 2 is 2.14 bits per heavy atom. The van der Waals surface area contributed by atoms with E-state index in [0.29, 0.717) is 5.56 Å². The van der Waals surface area contributed by atoms with E-state index in [0.717, 1.165) is 17.7 Å². The van der Waals surface area contributed by atoms with E-state index in [4.69, 9.17) is 4.74 Å². The maximum atomic E-state index is 13.7. The number of alkyl halides is 2. The van der Waals surface area contributed by atoms with Gasteiger partial charge in [0.2, 0.25) is 0 Å². The van der Waals surface area contributed by atoms with Gasteiger partial charge in [-0.25, -0.2) is 18.0 Å². The van der Waals surface area contributed by atoms with Crippen molar-refractivity contribution in [3.05, 3.63) is 29.6 Å². The predicted molar refractivity (Wildman–Crippen MR) is 75.6 cm³/mol. The largest absolute Gasteiger partial charge is 0.494 e. The average molecular weight is 316 g/mol. The highest BCUT2D eigenvalue weighted by Crippen LogP contribution is 2.28. The molecule has 0 heterocycles. The van der Waals surface area contributed by atoms with Crippen LogP contribution in [0.2, 0.25) is 0 Å². The van der Waals surface area contributed by atoms with Gasteiger partial charge in [-0.15, -0.1) is 0 Å². The van der Waals surface area contributed by atoms with E-state index in [9.17, 15) is 18.0 Å². The summed E-state index contributed by atoms with van der Waals surface area (Å²) in [6.07, 6.45) is -1.09. The molecule has 7 heteroatoms. The Kier molecular flexibility index (Phi) is 5.15. The van der Waals surface area contributed by atoms with Gasteiger partial charge >= 0.3 is 6.03 Å². The molecule has 0 aromatic heterocycles. The van der Waals surface area contributed by atoms with Crippen molar-refractivity contribution in [2.45, 2.75) is 38.3 Å². The Balaban J connectivity index is 2.02. The van der Waals surface area contributed by atoms with Crippen molar-refractivity contribution in [2.75, 3.05) is 13.7 Å². The molecule has 2 amide bonds. The predicted octanol–water partition coefficient (Wildman–Crippen LogP) is 3.33. The van der Waals surface area contributed by atoms with Crippen LogP contribution >= 0.6 is 0 Å². The second-order valence-electron chi connectivity index (χ2n) is 5.34. The van der Waals surface area contributed by atoms with E-state index in [1.54, 1.807) is 13.0 Å². The van der Waals surface area contributed by atoms with Crippen LogP contribution in [0.25, 0.3) is 0 Å². The fraction of sp³-hybridized carbons (Fsp3) is 0.533.